The van der Waals surface area contributed by atoms with Crippen LogP contribution >= 0.6 is 0 Å². The molecule has 15 heavy (non-hydrogen) atoms. The summed E-state index contributed by atoms with van der Waals surface area (Å²) >= 11 is 0. The molecule has 3 unspecified atom stereocenters. The van der Waals surface area contributed by atoms with Crippen LogP contribution in [0.2, 0.25) is 0 Å². The van der Waals surface area contributed by atoms with Crippen LogP contribution in [0.3, 0.4) is 0 Å². The van der Waals surface area contributed by atoms with E-state index in [-0.39, 0.29) is 23.7 Å². The van der Waals surface area contributed by atoms with Gasteiger partial charge in [-0.1, -0.05) is 12.2 Å². The lowest BCUT2D eigenvalue weighted by Crippen LogP contribution is -2.44. The van der Waals surface area contributed by atoms with Gasteiger partial charge in [0.2, 0.25) is 11.8 Å². The van der Waals surface area contributed by atoms with Gasteiger partial charge in [-0.05, 0) is 13.3 Å². The first-order chi connectivity index (χ1) is 7.01. The fraction of sp³-hybridized carbons (Fsp3) is 0.636. The Balaban J connectivity index is 2.43. The summed E-state index contributed by atoms with van der Waals surface area (Å²) in [5, 5.41) is 0. The quantitative estimate of drug-likeness (QED) is 0.469. The first kappa shape index (κ1) is 10.4. The number of nitrogens with zero attached hydrogens (tertiary/aromatic N) is 1. The van der Waals surface area contributed by atoms with Crippen molar-refractivity contribution in [3.8, 4) is 0 Å². The lowest BCUT2D eigenvalue weighted by atomic mass is 9.75. The molecular weight excluding hydrogens is 194 g/mol. The number of hydrogen-bond donors (Lipinski definition) is 0. The Morgan fingerprint density at radius 2 is 2.13 bits per heavy atom. The molecule has 0 aromatic rings. The molecular formula is C11H15NO3. The minimum Gasteiger partial charge on any atom is -0.374 e. The standard InChI is InChI=1S/C11H15NO3/c1-11(15-3)6-4-5-7-8(11)10(14)12(2)9(7)13/h4,6-8H,5H2,1-3H3. The lowest BCUT2D eigenvalue weighted by molar-refractivity contribution is -0.140. The summed E-state index contributed by atoms with van der Waals surface area (Å²) in [5.41, 5.74) is -0.638. The van der Waals surface area contributed by atoms with Crippen molar-refractivity contribution in [1.82, 2.24) is 4.90 Å². The largest absolute Gasteiger partial charge is 0.374 e. The maximum Gasteiger partial charge on any atom is 0.236 e. The van der Waals surface area contributed by atoms with E-state index in [2.05, 4.69) is 0 Å². The second-order valence-corrected chi connectivity index (χ2v) is 4.35. The van der Waals surface area contributed by atoms with E-state index in [1.165, 1.54) is 4.90 Å². The normalized spacial score (nSPS) is 39.8. The number of rotatable bonds is 1. The molecule has 0 aromatic heterocycles. The third kappa shape index (κ3) is 1.24. The van der Waals surface area contributed by atoms with Gasteiger partial charge >= 0.3 is 0 Å². The van der Waals surface area contributed by atoms with Gasteiger partial charge in [0.25, 0.3) is 0 Å². The van der Waals surface area contributed by atoms with E-state index < -0.39 is 5.60 Å². The molecule has 0 radical (unpaired) electrons. The van der Waals surface area contributed by atoms with Crippen molar-refractivity contribution in [3.63, 3.8) is 0 Å². The van der Waals surface area contributed by atoms with Gasteiger partial charge in [0.15, 0.2) is 0 Å². The molecule has 2 rings (SSSR count). The molecule has 2 amide bonds. The van der Waals surface area contributed by atoms with Crippen molar-refractivity contribution in [2.45, 2.75) is 18.9 Å². The van der Waals surface area contributed by atoms with Crippen molar-refractivity contribution in [2.75, 3.05) is 14.2 Å². The molecule has 4 heteroatoms. The molecule has 1 fully saturated rings. The van der Waals surface area contributed by atoms with Gasteiger partial charge in [0.05, 0.1) is 17.4 Å². The SMILES string of the molecule is COC1(C)C=CCC2C(=O)N(C)C(=O)C21. The number of allylic oxidation sites excluding steroid dienone is 1. The smallest absolute Gasteiger partial charge is 0.236 e. The number of carbonyl (C=O) groups is 2. The molecule has 82 valence electrons. The van der Waals surface area contributed by atoms with Crippen LogP contribution in [0.1, 0.15) is 13.3 Å². The van der Waals surface area contributed by atoms with E-state index in [1.807, 2.05) is 19.1 Å². The van der Waals surface area contributed by atoms with E-state index in [0.717, 1.165) is 0 Å². The number of ether oxygens (including phenoxy) is 1. The topological polar surface area (TPSA) is 46.6 Å². The highest BCUT2D eigenvalue weighted by Gasteiger charge is 2.54. The highest BCUT2D eigenvalue weighted by Crippen LogP contribution is 2.41. The summed E-state index contributed by atoms with van der Waals surface area (Å²) in [6.07, 6.45) is 4.45. The second-order valence-electron chi connectivity index (χ2n) is 4.35. The summed E-state index contributed by atoms with van der Waals surface area (Å²) in [7, 11) is 3.11. The Labute approximate surface area is 88.9 Å². The Morgan fingerprint density at radius 3 is 2.73 bits per heavy atom. The first-order valence-corrected chi connectivity index (χ1v) is 5.05. The number of imide groups is 1. The molecule has 1 saturated heterocycles. The monoisotopic (exact) mass is 209 g/mol. The number of hydrogen-bond acceptors (Lipinski definition) is 3. The summed E-state index contributed by atoms with van der Waals surface area (Å²) in [4.78, 5) is 24.9. The molecule has 1 aliphatic heterocycles. The van der Waals surface area contributed by atoms with Gasteiger partial charge in [0.1, 0.15) is 0 Å². The molecule has 0 spiro atoms. The van der Waals surface area contributed by atoms with Gasteiger partial charge in [-0.3, -0.25) is 14.5 Å². The van der Waals surface area contributed by atoms with E-state index >= 15 is 0 Å². The molecule has 1 aliphatic carbocycles. The van der Waals surface area contributed by atoms with Crippen molar-refractivity contribution < 1.29 is 14.3 Å². The number of methoxy groups -OCH3 is 1. The Hall–Kier alpha value is -1.16. The van der Waals surface area contributed by atoms with Gasteiger partial charge < -0.3 is 4.74 Å². The summed E-state index contributed by atoms with van der Waals surface area (Å²) in [6.45, 7) is 1.85. The van der Waals surface area contributed by atoms with E-state index in [9.17, 15) is 9.59 Å². The molecule has 0 aromatic carbocycles. The van der Waals surface area contributed by atoms with Crippen LogP contribution in [0.15, 0.2) is 12.2 Å². The maximum atomic E-state index is 11.9. The zero-order chi connectivity index (χ0) is 11.2. The maximum absolute atomic E-state index is 11.9. The van der Waals surface area contributed by atoms with Crippen LogP contribution in [0, 0.1) is 11.8 Å². The average Bonchev–Trinajstić information content (AvgIpc) is 2.45. The van der Waals surface area contributed by atoms with E-state index in [4.69, 9.17) is 4.74 Å². The zero-order valence-corrected chi connectivity index (χ0v) is 9.19. The summed E-state index contributed by atoms with van der Waals surface area (Å²) in [6, 6.07) is 0. The lowest BCUT2D eigenvalue weighted by Gasteiger charge is -2.35. The zero-order valence-electron chi connectivity index (χ0n) is 9.19. The van der Waals surface area contributed by atoms with Crippen LogP contribution in [0.4, 0.5) is 0 Å². The highest BCUT2D eigenvalue weighted by molar-refractivity contribution is 6.05. The molecule has 0 bridgehead atoms. The Bertz CT molecular complexity index is 350. The summed E-state index contributed by atoms with van der Waals surface area (Å²) in [5.74, 6) is -0.807. The molecule has 0 saturated carbocycles. The van der Waals surface area contributed by atoms with Crippen LogP contribution < -0.4 is 0 Å². The number of likely N-dealkylation sites (tertiary alicyclic amines) is 1. The fourth-order valence-electron chi connectivity index (χ4n) is 2.51. The molecule has 4 nitrogen and oxygen atoms in total. The number of fused-ring (bicyclic) bond motifs is 1. The molecule has 1 heterocycles. The summed E-state index contributed by atoms with van der Waals surface area (Å²) < 4.78 is 5.37. The van der Waals surface area contributed by atoms with Crippen molar-refractivity contribution in [2.24, 2.45) is 11.8 Å². The van der Waals surface area contributed by atoms with Crippen molar-refractivity contribution in [1.29, 1.82) is 0 Å². The third-order valence-electron chi connectivity index (χ3n) is 3.54. The van der Waals surface area contributed by atoms with Crippen LogP contribution in [0.5, 0.6) is 0 Å². The van der Waals surface area contributed by atoms with E-state index in [0.29, 0.717) is 6.42 Å². The number of carbonyl (C=O) groups excluding carboxylic acids is 2. The Kier molecular flexibility index (Phi) is 2.19. The Morgan fingerprint density at radius 1 is 1.47 bits per heavy atom. The highest BCUT2D eigenvalue weighted by atomic mass is 16.5. The van der Waals surface area contributed by atoms with Gasteiger partial charge in [-0.15, -0.1) is 0 Å². The third-order valence-corrected chi connectivity index (χ3v) is 3.54. The van der Waals surface area contributed by atoms with Crippen molar-refractivity contribution in [3.05, 3.63) is 12.2 Å². The van der Waals surface area contributed by atoms with E-state index in [1.54, 1.807) is 14.2 Å². The van der Waals surface area contributed by atoms with Crippen LogP contribution in [0.25, 0.3) is 0 Å². The molecule has 3 atom stereocenters. The van der Waals surface area contributed by atoms with Crippen molar-refractivity contribution >= 4 is 11.8 Å². The predicted molar refractivity (Wildman–Crippen MR) is 53.9 cm³/mol. The average molecular weight is 209 g/mol. The fourth-order valence-corrected chi connectivity index (χ4v) is 2.51. The van der Waals surface area contributed by atoms with Crippen LogP contribution in [-0.2, 0) is 14.3 Å². The minimum absolute atomic E-state index is 0.0855. The molecule has 0 N–H and O–H groups in total. The first-order valence-electron chi connectivity index (χ1n) is 5.05. The van der Waals surface area contributed by atoms with Crippen LogP contribution in [-0.4, -0.2) is 36.5 Å². The predicted octanol–water partition coefficient (Wildman–Crippen LogP) is 0.582. The van der Waals surface area contributed by atoms with Gasteiger partial charge in [0, 0.05) is 14.2 Å². The number of amides is 2. The van der Waals surface area contributed by atoms with Gasteiger partial charge in [-0.25, -0.2) is 0 Å². The van der Waals surface area contributed by atoms with Gasteiger partial charge in [-0.2, -0.15) is 0 Å². The second kappa shape index (κ2) is 3.17. The minimum atomic E-state index is -0.638. The molecule has 2 aliphatic rings.